The number of nitrogens with zero attached hydrogens (tertiary/aromatic N) is 2. The molecule has 1 amide bonds. The summed E-state index contributed by atoms with van der Waals surface area (Å²) in [5.74, 6) is -0.964. The van der Waals surface area contributed by atoms with Crippen molar-refractivity contribution >= 4 is 17.6 Å². The predicted molar refractivity (Wildman–Crippen MR) is 87.7 cm³/mol. The van der Waals surface area contributed by atoms with Gasteiger partial charge in [-0.3, -0.25) is 14.9 Å². The first-order valence-electron chi connectivity index (χ1n) is 8.04. The molecule has 1 saturated heterocycles. The van der Waals surface area contributed by atoms with Crippen LogP contribution in [0.5, 0.6) is 0 Å². The van der Waals surface area contributed by atoms with E-state index < -0.39 is 10.9 Å². The van der Waals surface area contributed by atoms with E-state index in [2.05, 4.69) is 0 Å². The molecule has 1 aliphatic rings. The topological polar surface area (TPSA) is 89.8 Å². The molecule has 0 radical (unpaired) electrons. The number of rotatable bonds is 4. The van der Waals surface area contributed by atoms with Crippen LogP contribution in [0.15, 0.2) is 18.2 Å². The second-order valence-electron chi connectivity index (χ2n) is 6.26. The van der Waals surface area contributed by atoms with E-state index in [0.29, 0.717) is 5.56 Å². The Hall–Kier alpha value is -2.44. The van der Waals surface area contributed by atoms with Gasteiger partial charge in [-0.05, 0) is 46.1 Å². The molecule has 0 aliphatic carbocycles. The van der Waals surface area contributed by atoms with Crippen molar-refractivity contribution in [1.29, 1.82) is 0 Å². The summed E-state index contributed by atoms with van der Waals surface area (Å²) in [6, 6.07) is 4.38. The number of nitro groups is 1. The summed E-state index contributed by atoms with van der Waals surface area (Å²) < 4.78 is 5.06. The molecule has 1 aromatic carbocycles. The standard InChI is InChI=1S/C17H22N2O5/c1-11-7-8-14(9-15(11)19(22)23)17(21)24-10-16(20)18-12(2)5-4-6-13(18)3/h7-9,12-13H,4-6,10H2,1-3H3/t12-,13+. The highest BCUT2D eigenvalue weighted by Crippen LogP contribution is 2.23. The smallest absolute Gasteiger partial charge is 0.338 e. The zero-order valence-corrected chi connectivity index (χ0v) is 14.2. The summed E-state index contributed by atoms with van der Waals surface area (Å²) in [4.78, 5) is 36.5. The lowest BCUT2D eigenvalue weighted by Gasteiger charge is -2.38. The van der Waals surface area contributed by atoms with E-state index >= 15 is 0 Å². The van der Waals surface area contributed by atoms with Gasteiger partial charge in [-0.15, -0.1) is 0 Å². The molecule has 24 heavy (non-hydrogen) atoms. The Morgan fingerprint density at radius 1 is 1.29 bits per heavy atom. The van der Waals surface area contributed by atoms with Crippen LogP contribution >= 0.6 is 0 Å². The number of aryl methyl sites for hydroxylation is 1. The minimum Gasteiger partial charge on any atom is -0.452 e. The van der Waals surface area contributed by atoms with Crippen molar-refractivity contribution in [2.75, 3.05) is 6.61 Å². The summed E-state index contributed by atoms with van der Waals surface area (Å²) in [7, 11) is 0. The number of piperidine rings is 1. The maximum Gasteiger partial charge on any atom is 0.338 e. The van der Waals surface area contributed by atoms with Crippen molar-refractivity contribution in [2.24, 2.45) is 0 Å². The van der Waals surface area contributed by atoms with Crippen LogP contribution in [-0.2, 0) is 9.53 Å². The van der Waals surface area contributed by atoms with Gasteiger partial charge < -0.3 is 9.64 Å². The fraction of sp³-hybridized carbons (Fsp3) is 0.529. The summed E-state index contributed by atoms with van der Waals surface area (Å²) in [5.41, 5.74) is 0.387. The highest BCUT2D eigenvalue weighted by atomic mass is 16.6. The number of nitro benzene ring substituents is 1. The quantitative estimate of drug-likeness (QED) is 0.480. The molecule has 7 heteroatoms. The molecule has 0 spiro atoms. The fourth-order valence-corrected chi connectivity index (χ4v) is 3.13. The number of carbonyl (C=O) groups is 2. The monoisotopic (exact) mass is 334 g/mol. The second-order valence-corrected chi connectivity index (χ2v) is 6.26. The minimum atomic E-state index is -0.733. The lowest BCUT2D eigenvalue weighted by atomic mass is 9.97. The number of likely N-dealkylation sites (tertiary alicyclic amines) is 1. The normalized spacial score (nSPS) is 20.5. The molecule has 1 aromatic rings. The molecule has 1 heterocycles. The number of hydrogen-bond acceptors (Lipinski definition) is 5. The third-order valence-electron chi connectivity index (χ3n) is 4.45. The summed E-state index contributed by atoms with van der Waals surface area (Å²) >= 11 is 0. The Morgan fingerprint density at radius 3 is 2.50 bits per heavy atom. The van der Waals surface area contributed by atoms with Crippen LogP contribution < -0.4 is 0 Å². The van der Waals surface area contributed by atoms with E-state index in [1.807, 2.05) is 13.8 Å². The van der Waals surface area contributed by atoms with Gasteiger partial charge in [0, 0.05) is 23.7 Å². The molecule has 130 valence electrons. The third-order valence-corrected chi connectivity index (χ3v) is 4.45. The van der Waals surface area contributed by atoms with Crippen LogP contribution in [0, 0.1) is 17.0 Å². The van der Waals surface area contributed by atoms with Crippen LogP contribution in [-0.4, -0.2) is 40.4 Å². The lowest BCUT2D eigenvalue weighted by Crippen LogP contribution is -2.49. The van der Waals surface area contributed by atoms with Crippen LogP contribution in [0.25, 0.3) is 0 Å². The molecular formula is C17H22N2O5. The molecule has 0 bridgehead atoms. The fourth-order valence-electron chi connectivity index (χ4n) is 3.13. The summed E-state index contributed by atoms with van der Waals surface area (Å²) in [6.45, 7) is 5.21. The molecule has 0 saturated carbocycles. The Bertz CT molecular complexity index is 648. The van der Waals surface area contributed by atoms with E-state index in [4.69, 9.17) is 4.74 Å². The van der Waals surface area contributed by atoms with E-state index in [0.717, 1.165) is 19.3 Å². The largest absolute Gasteiger partial charge is 0.452 e. The van der Waals surface area contributed by atoms with Crippen molar-refractivity contribution in [2.45, 2.75) is 52.1 Å². The Labute approximate surface area is 140 Å². The highest BCUT2D eigenvalue weighted by Gasteiger charge is 2.29. The maximum absolute atomic E-state index is 12.3. The molecule has 1 fully saturated rings. The number of benzene rings is 1. The number of hydrogen-bond donors (Lipinski definition) is 0. The van der Waals surface area contributed by atoms with E-state index in [9.17, 15) is 19.7 Å². The number of ether oxygens (including phenoxy) is 1. The van der Waals surface area contributed by atoms with Gasteiger partial charge in [-0.1, -0.05) is 6.07 Å². The van der Waals surface area contributed by atoms with Crippen LogP contribution in [0.3, 0.4) is 0 Å². The van der Waals surface area contributed by atoms with E-state index in [1.165, 1.54) is 18.2 Å². The van der Waals surface area contributed by atoms with Gasteiger partial charge in [0.25, 0.3) is 11.6 Å². The van der Waals surface area contributed by atoms with Gasteiger partial charge in [0.15, 0.2) is 6.61 Å². The zero-order valence-electron chi connectivity index (χ0n) is 14.2. The Balaban J connectivity index is 2.01. The summed E-state index contributed by atoms with van der Waals surface area (Å²) in [6.07, 6.45) is 2.96. The van der Waals surface area contributed by atoms with E-state index in [-0.39, 0.29) is 35.8 Å². The SMILES string of the molecule is Cc1ccc(C(=O)OCC(=O)N2[C@H](C)CCC[C@@H]2C)cc1[N+](=O)[O-]. The van der Waals surface area contributed by atoms with Gasteiger partial charge in [0.05, 0.1) is 10.5 Å². The predicted octanol–water partition coefficient (Wildman–Crippen LogP) is 2.85. The van der Waals surface area contributed by atoms with Crippen molar-refractivity contribution in [3.8, 4) is 0 Å². The number of amides is 1. The average Bonchev–Trinajstić information content (AvgIpc) is 2.52. The van der Waals surface area contributed by atoms with Crippen LogP contribution in [0.1, 0.15) is 49.0 Å². The highest BCUT2D eigenvalue weighted by molar-refractivity contribution is 5.92. The van der Waals surface area contributed by atoms with E-state index in [1.54, 1.807) is 11.8 Å². The van der Waals surface area contributed by atoms with Crippen molar-refractivity contribution in [1.82, 2.24) is 4.90 Å². The van der Waals surface area contributed by atoms with Crippen molar-refractivity contribution < 1.29 is 19.2 Å². The van der Waals surface area contributed by atoms with Crippen molar-refractivity contribution in [3.63, 3.8) is 0 Å². The van der Waals surface area contributed by atoms with Crippen LogP contribution in [0.4, 0.5) is 5.69 Å². The second kappa shape index (κ2) is 7.42. The first-order chi connectivity index (χ1) is 11.3. The Morgan fingerprint density at radius 2 is 1.92 bits per heavy atom. The van der Waals surface area contributed by atoms with Gasteiger partial charge in [0.1, 0.15) is 0 Å². The first kappa shape index (κ1) is 17.9. The lowest BCUT2D eigenvalue weighted by molar-refractivity contribution is -0.385. The summed E-state index contributed by atoms with van der Waals surface area (Å²) in [5, 5.41) is 10.9. The minimum absolute atomic E-state index is 0.0693. The maximum atomic E-state index is 12.3. The molecule has 0 N–H and O–H groups in total. The Kier molecular flexibility index (Phi) is 5.54. The van der Waals surface area contributed by atoms with Gasteiger partial charge in [-0.25, -0.2) is 4.79 Å². The molecule has 0 aromatic heterocycles. The molecule has 7 nitrogen and oxygen atoms in total. The van der Waals surface area contributed by atoms with Gasteiger partial charge >= 0.3 is 5.97 Å². The van der Waals surface area contributed by atoms with Crippen LogP contribution in [0.2, 0.25) is 0 Å². The molecule has 2 rings (SSSR count). The average molecular weight is 334 g/mol. The molecular weight excluding hydrogens is 312 g/mol. The first-order valence-corrected chi connectivity index (χ1v) is 8.04. The van der Waals surface area contributed by atoms with Gasteiger partial charge in [0.2, 0.25) is 0 Å². The number of esters is 1. The number of carbonyl (C=O) groups excluding carboxylic acids is 2. The molecule has 0 unspecified atom stereocenters. The van der Waals surface area contributed by atoms with Crippen molar-refractivity contribution in [3.05, 3.63) is 39.4 Å². The molecule has 1 aliphatic heterocycles. The molecule has 2 atom stereocenters. The van der Waals surface area contributed by atoms with Gasteiger partial charge in [-0.2, -0.15) is 0 Å². The third kappa shape index (κ3) is 3.90. The zero-order chi connectivity index (χ0) is 17.9.